The Kier molecular flexibility index (Phi) is 9.87. The first-order chi connectivity index (χ1) is 14.4. The normalized spacial score (nSPS) is 11.7. The molecule has 2 rings (SSSR count). The number of nitrogens with one attached hydrogen (secondary N) is 1. The molecule has 2 amide bonds. The summed E-state index contributed by atoms with van der Waals surface area (Å²) in [6.07, 6.45) is 1.90. The third kappa shape index (κ3) is 7.17. The van der Waals surface area contributed by atoms with Gasteiger partial charge in [-0.2, -0.15) is 0 Å². The second kappa shape index (κ2) is 12.4. The summed E-state index contributed by atoms with van der Waals surface area (Å²) in [6.45, 7) is 6.80. The number of carbonyl (C=O) groups is 2. The van der Waals surface area contributed by atoms with E-state index in [1.165, 1.54) is 17.8 Å². The van der Waals surface area contributed by atoms with E-state index >= 15 is 0 Å². The number of hydrogen-bond donors (Lipinski definition) is 1. The molecule has 0 aliphatic rings. The van der Waals surface area contributed by atoms with Crippen molar-refractivity contribution in [2.75, 3.05) is 12.3 Å². The van der Waals surface area contributed by atoms with Gasteiger partial charge in [-0.3, -0.25) is 9.59 Å². The van der Waals surface area contributed by atoms with Crippen molar-refractivity contribution in [3.63, 3.8) is 0 Å². The molecule has 0 spiro atoms. The van der Waals surface area contributed by atoms with Crippen LogP contribution in [0.15, 0.2) is 48.5 Å². The standard InChI is InChI=1S/C24H31FN2O2S/c1-4-5-14-26-24(29)19(3)27(15-20-11-7-6-10-18(20)2)23(28)17-30-16-21-12-8-9-13-22(21)25/h6-13,19H,4-5,14-17H2,1-3H3,(H,26,29). The van der Waals surface area contributed by atoms with Crippen molar-refractivity contribution in [1.82, 2.24) is 10.2 Å². The van der Waals surface area contributed by atoms with E-state index in [-0.39, 0.29) is 23.4 Å². The fraction of sp³-hybridized carbons (Fsp3) is 0.417. The van der Waals surface area contributed by atoms with Crippen LogP contribution < -0.4 is 5.32 Å². The topological polar surface area (TPSA) is 49.4 Å². The van der Waals surface area contributed by atoms with Crippen LogP contribution in [0, 0.1) is 12.7 Å². The highest BCUT2D eigenvalue weighted by Gasteiger charge is 2.26. The van der Waals surface area contributed by atoms with Gasteiger partial charge in [0.1, 0.15) is 11.9 Å². The molecule has 1 atom stereocenters. The molecule has 0 bridgehead atoms. The molecule has 1 N–H and O–H groups in total. The molecule has 0 saturated heterocycles. The van der Waals surface area contributed by atoms with Gasteiger partial charge in [-0.05, 0) is 43.0 Å². The zero-order chi connectivity index (χ0) is 21.9. The van der Waals surface area contributed by atoms with Crippen LogP contribution >= 0.6 is 11.8 Å². The first-order valence-corrected chi connectivity index (χ1v) is 11.5. The third-order valence-corrected chi connectivity index (χ3v) is 6.01. The molecule has 0 aromatic heterocycles. The molecule has 2 aromatic rings. The number of hydrogen-bond acceptors (Lipinski definition) is 3. The quantitative estimate of drug-likeness (QED) is 0.526. The number of rotatable bonds is 11. The Morgan fingerprint density at radius 3 is 2.43 bits per heavy atom. The molecule has 4 nitrogen and oxygen atoms in total. The lowest BCUT2D eigenvalue weighted by atomic mass is 10.1. The SMILES string of the molecule is CCCCNC(=O)C(C)N(Cc1ccccc1C)C(=O)CSCc1ccccc1F. The van der Waals surface area contributed by atoms with E-state index in [1.54, 1.807) is 30.0 Å². The highest BCUT2D eigenvalue weighted by Crippen LogP contribution is 2.18. The van der Waals surface area contributed by atoms with Crippen LogP contribution in [-0.4, -0.2) is 35.1 Å². The molecule has 30 heavy (non-hydrogen) atoms. The van der Waals surface area contributed by atoms with Crippen molar-refractivity contribution in [2.24, 2.45) is 0 Å². The van der Waals surface area contributed by atoms with Gasteiger partial charge in [0.2, 0.25) is 11.8 Å². The van der Waals surface area contributed by atoms with E-state index in [2.05, 4.69) is 12.2 Å². The van der Waals surface area contributed by atoms with Crippen molar-refractivity contribution in [3.05, 3.63) is 71.0 Å². The predicted molar refractivity (Wildman–Crippen MR) is 122 cm³/mol. The van der Waals surface area contributed by atoms with E-state index < -0.39 is 6.04 Å². The van der Waals surface area contributed by atoms with Crippen molar-refractivity contribution < 1.29 is 14.0 Å². The van der Waals surface area contributed by atoms with Gasteiger partial charge in [-0.1, -0.05) is 55.8 Å². The number of halogens is 1. The van der Waals surface area contributed by atoms with E-state index in [0.29, 0.717) is 24.4 Å². The number of thioether (sulfide) groups is 1. The van der Waals surface area contributed by atoms with Crippen molar-refractivity contribution in [1.29, 1.82) is 0 Å². The molecule has 6 heteroatoms. The van der Waals surface area contributed by atoms with Gasteiger partial charge in [0.25, 0.3) is 0 Å². The zero-order valence-electron chi connectivity index (χ0n) is 18.0. The molecule has 0 aliphatic carbocycles. The maximum atomic E-state index is 13.8. The second-order valence-electron chi connectivity index (χ2n) is 7.35. The fourth-order valence-electron chi connectivity index (χ4n) is 3.04. The molecule has 0 aliphatic heterocycles. The van der Waals surface area contributed by atoms with Gasteiger partial charge in [0.15, 0.2) is 0 Å². The van der Waals surface area contributed by atoms with Gasteiger partial charge in [0.05, 0.1) is 5.75 Å². The minimum atomic E-state index is -0.581. The Morgan fingerprint density at radius 1 is 1.10 bits per heavy atom. The number of nitrogens with zero attached hydrogens (tertiary/aromatic N) is 1. The van der Waals surface area contributed by atoms with Gasteiger partial charge in [-0.25, -0.2) is 4.39 Å². The number of benzene rings is 2. The van der Waals surface area contributed by atoms with Crippen LogP contribution in [0.4, 0.5) is 4.39 Å². The molecule has 162 valence electrons. The van der Waals surface area contributed by atoms with Crippen LogP contribution in [0.1, 0.15) is 43.4 Å². The molecule has 2 aromatic carbocycles. The lowest BCUT2D eigenvalue weighted by Crippen LogP contribution is -2.48. The number of unbranched alkanes of at least 4 members (excludes halogenated alkanes) is 1. The Bertz CT molecular complexity index is 843. The van der Waals surface area contributed by atoms with Crippen LogP contribution in [0.2, 0.25) is 0 Å². The van der Waals surface area contributed by atoms with Crippen LogP contribution in [0.3, 0.4) is 0 Å². The molecule has 0 radical (unpaired) electrons. The summed E-state index contributed by atoms with van der Waals surface area (Å²) in [6, 6.07) is 13.9. The summed E-state index contributed by atoms with van der Waals surface area (Å²) in [5.41, 5.74) is 2.66. The zero-order valence-corrected chi connectivity index (χ0v) is 18.8. The first-order valence-electron chi connectivity index (χ1n) is 10.4. The molecule has 0 heterocycles. The Balaban J connectivity index is 2.07. The van der Waals surface area contributed by atoms with E-state index in [1.807, 2.05) is 31.2 Å². The molecule has 0 saturated carbocycles. The maximum absolute atomic E-state index is 13.8. The predicted octanol–water partition coefficient (Wildman–Crippen LogP) is 4.70. The van der Waals surface area contributed by atoms with Crippen LogP contribution in [0.25, 0.3) is 0 Å². The largest absolute Gasteiger partial charge is 0.354 e. The van der Waals surface area contributed by atoms with Gasteiger partial charge in [-0.15, -0.1) is 11.8 Å². The van der Waals surface area contributed by atoms with Gasteiger partial charge >= 0.3 is 0 Å². The molecular formula is C24H31FN2O2S. The minimum absolute atomic E-state index is 0.127. The Morgan fingerprint density at radius 2 is 1.77 bits per heavy atom. The Labute approximate surface area is 183 Å². The molecular weight excluding hydrogens is 399 g/mol. The number of carbonyl (C=O) groups excluding carboxylic acids is 2. The monoisotopic (exact) mass is 430 g/mol. The number of amides is 2. The van der Waals surface area contributed by atoms with E-state index in [9.17, 15) is 14.0 Å². The minimum Gasteiger partial charge on any atom is -0.354 e. The highest BCUT2D eigenvalue weighted by atomic mass is 32.2. The summed E-state index contributed by atoms with van der Waals surface area (Å²) in [5.74, 6) is 0.0561. The van der Waals surface area contributed by atoms with E-state index in [4.69, 9.17) is 0 Å². The van der Waals surface area contributed by atoms with Crippen molar-refractivity contribution in [3.8, 4) is 0 Å². The number of aryl methyl sites for hydroxylation is 1. The fourth-order valence-corrected chi connectivity index (χ4v) is 3.93. The summed E-state index contributed by atoms with van der Waals surface area (Å²) >= 11 is 1.36. The second-order valence-corrected chi connectivity index (χ2v) is 8.34. The van der Waals surface area contributed by atoms with Crippen molar-refractivity contribution in [2.45, 2.75) is 52.0 Å². The molecule has 0 fully saturated rings. The first kappa shape index (κ1) is 23.9. The van der Waals surface area contributed by atoms with Gasteiger partial charge < -0.3 is 10.2 Å². The maximum Gasteiger partial charge on any atom is 0.242 e. The lowest BCUT2D eigenvalue weighted by Gasteiger charge is -2.29. The summed E-state index contributed by atoms with van der Waals surface area (Å²) in [7, 11) is 0. The Hall–Kier alpha value is -2.34. The molecule has 1 unspecified atom stereocenters. The highest BCUT2D eigenvalue weighted by molar-refractivity contribution is 7.99. The van der Waals surface area contributed by atoms with Crippen LogP contribution in [-0.2, 0) is 21.9 Å². The van der Waals surface area contributed by atoms with Gasteiger partial charge in [0, 0.05) is 18.8 Å². The smallest absolute Gasteiger partial charge is 0.242 e. The summed E-state index contributed by atoms with van der Waals surface area (Å²) in [5, 5.41) is 2.92. The van der Waals surface area contributed by atoms with Crippen molar-refractivity contribution >= 4 is 23.6 Å². The average molecular weight is 431 g/mol. The average Bonchev–Trinajstić information content (AvgIpc) is 2.74. The third-order valence-electron chi connectivity index (χ3n) is 5.04. The lowest BCUT2D eigenvalue weighted by molar-refractivity contribution is -0.138. The summed E-state index contributed by atoms with van der Waals surface area (Å²) in [4.78, 5) is 27.3. The van der Waals surface area contributed by atoms with Crippen LogP contribution in [0.5, 0.6) is 0 Å². The summed E-state index contributed by atoms with van der Waals surface area (Å²) < 4.78 is 13.8. The van der Waals surface area contributed by atoms with E-state index in [0.717, 1.165) is 24.0 Å².